The van der Waals surface area contributed by atoms with E-state index in [-0.39, 0.29) is 31.6 Å². The maximum Gasteiger partial charge on any atom is 0.328 e. The summed E-state index contributed by atoms with van der Waals surface area (Å²) in [5.74, 6) is -5.25. The average Bonchev–Trinajstić information content (AvgIpc) is 3.08. The van der Waals surface area contributed by atoms with Crippen LogP contribution in [0, 0.1) is 0 Å². The fourth-order valence-corrected chi connectivity index (χ4v) is 7.39. The first-order chi connectivity index (χ1) is 18.8. The molecule has 1 aromatic carbocycles. The van der Waals surface area contributed by atoms with E-state index in [1.54, 1.807) is 25.1 Å². The first-order valence-electron chi connectivity index (χ1n) is 12.3. The number of benzene rings is 1. The molecule has 1 aromatic rings. The zero-order chi connectivity index (χ0) is 29.6. The highest BCUT2D eigenvalue weighted by Gasteiger charge is 2.78. The molecule has 0 aliphatic carbocycles. The molecule has 3 unspecified atom stereocenters. The van der Waals surface area contributed by atoms with Crippen LogP contribution in [0.15, 0.2) is 30.3 Å². The first-order valence-corrected chi connectivity index (χ1v) is 13.4. The molecule has 40 heavy (non-hydrogen) atoms. The number of nitrogens with one attached hydrogen (secondary N) is 3. The van der Waals surface area contributed by atoms with E-state index in [0.717, 1.165) is 4.90 Å². The summed E-state index contributed by atoms with van der Waals surface area (Å²) in [6, 6.07) is 2.09. The second-order valence-electron chi connectivity index (χ2n) is 9.86. The Morgan fingerprint density at radius 1 is 1.12 bits per heavy atom. The highest BCUT2D eigenvalue weighted by Crippen LogP contribution is 2.49. The van der Waals surface area contributed by atoms with Crippen LogP contribution in [0.5, 0.6) is 0 Å². The van der Waals surface area contributed by atoms with Gasteiger partial charge in [-0.15, -0.1) is 0 Å². The lowest BCUT2D eigenvalue weighted by atomic mass is 9.92. The number of carboxylic acid groups (broad SMARTS) is 1. The lowest BCUT2D eigenvalue weighted by Crippen LogP contribution is -2.84. The van der Waals surface area contributed by atoms with Gasteiger partial charge in [-0.1, -0.05) is 30.3 Å². The maximum absolute atomic E-state index is 13.6. The Kier molecular flexibility index (Phi) is 7.40. The standard InChI is InChI=1S/C24H28N6O9S/c1-4-28-10-11-29(20(35)19(28)34)22(38)26-14(13-8-6-5-7-9-13)17(32)27-15-18(33)30-16(21(36)37)23(2,3)40(39)24(15,30)25-12-31/h5-9,12,14-16H,4,10-11H2,1-3H3,(H,25,31)(H,26,38)(H,27,32)(H,36,37)/t14?,15-,16+,24?,40?/m1/s1. The van der Waals surface area contributed by atoms with Crippen molar-refractivity contribution >= 4 is 52.8 Å². The average molecular weight is 577 g/mol. The fraction of sp³-hybridized carbons (Fsp3) is 0.458. The van der Waals surface area contributed by atoms with Gasteiger partial charge in [-0.05, 0) is 26.3 Å². The molecule has 3 saturated heterocycles. The van der Waals surface area contributed by atoms with Crippen molar-refractivity contribution in [2.45, 2.75) is 48.6 Å². The van der Waals surface area contributed by atoms with Crippen molar-refractivity contribution in [1.82, 2.24) is 30.7 Å². The number of urea groups is 1. The van der Waals surface area contributed by atoms with Crippen LogP contribution < -0.4 is 16.0 Å². The third kappa shape index (κ3) is 4.18. The molecule has 214 valence electrons. The van der Waals surface area contributed by atoms with Crippen molar-refractivity contribution in [2.75, 3.05) is 19.6 Å². The van der Waals surface area contributed by atoms with Crippen LogP contribution in [0.4, 0.5) is 4.79 Å². The van der Waals surface area contributed by atoms with E-state index in [1.807, 2.05) is 0 Å². The summed E-state index contributed by atoms with van der Waals surface area (Å²) in [7, 11) is -2.20. The van der Waals surface area contributed by atoms with Crippen LogP contribution in [0.2, 0.25) is 0 Å². The minimum absolute atomic E-state index is 0.106. The Balaban J connectivity index is 1.62. The zero-order valence-corrected chi connectivity index (χ0v) is 22.6. The van der Waals surface area contributed by atoms with Gasteiger partial charge in [0.2, 0.25) is 17.3 Å². The van der Waals surface area contributed by atoms with E-state index < -0.39 is 74.3 Å². The number of nitrogens with zero attached hydrogens (tertiary/aromatic N) is 3. The molecule has 7 amide bonds. The number of carbonyl (C=O) groups is 7. The summed E-state index contributed by atoms with van der Waals surface area (Å²) in [6.07, 6.45) is 0.159. The topological polar surface area (TPSA) is 203 Å². The fourth-order valence-electron chi connectivity index (χ4n) is 5.27. The maximum atomic E-state index is 13.6. The van der Waals surface area contributed by atoms with Crippen LogP contribution in [0.1, 0.15) is 32.4 Å². The number of β-lactam (4-membered cyclic amide) rings is 1. The highest BCUT2D eigenvalue weighted by molar-refractivity contribution is 7.88. The van der Waals surface area contributed by atoms with Crippen LogP contribution in [-0.2, 0) is 39.6 Å². The van der Waals surface area contributed by atoms with Gasteiger partial charge in [0.25, 0.3) is 5.91 Å². The predicted molar refractivity (Wildman–Crippen MR) is 136 cm³/mol. The molecule has 0 radical (unpaired) electrons. The van der Waals surface area contributed by atoms with Crippen molar-refractivity contribution in [3.63, 3.8) is 0 Å². The number of hydrogen-bond acceptors (Lipinski definition) is 8. The summed E-state index contributed by atoms with van der Waals surface area (Å²) >= 11 is 0. The summed E-state index contributed by atoms with van der Waals surface area (Å²) in [5, 5.41) is 16.9. The van der Waals surface area contributed by atoms with Crippen LogP contribution in [0.3, 0.4) is 0 Å². The normalized spacial score (nSPS) is 27.8. The van der Waals surface area contributed by atoms with Crippen molar-refractivity contribution < 1.29 is 42.9 Å². The SMILES string of the molecule is CCN1CCN(C(=O)NC(C(=O)N[C@@H]2C(=O)N3[C@@H](C(=O)O)C(C)(C)S(=O)C23NC=O)c2ccccc2)C(=O)C1=O. The molecule has 3 aliphatic rings. The van der Waals surface area contributed by atoms with Gasteiger partial charge in [-0.2, -0.15) is 0 Å². The molecule has 3 aliphatic heterocycles. The molecule has 0 saturated carbocycles. The second kappa shape index (κ2) is 10.3. The predicted octanol–water partition coefficient (Wildman–Crippen LogP) is -2.15. The van der Waals surface area contributed by atoms with Gasteiger partial charge in [-0.3, -0.25) is 38.0 Å². The van der Waals surface area contributed by atoms with Gasteiger partial charge < -0.3 is 26.0 Å². The van der Waals surface area contributed by atoms with E-state index in [1.165, 1.54) is 30.9 Å². The molecule has 0 spiro atoms. The first kappa shape index (κ1) is 28.7. The van der Waals surface area contributed by atoms with Gasteiger partial charge in [0.1, 0.15) is 12.1 Å². The number of carbonyl (C=O) groups excluding carboxylic acids is 6. The molecule has 0 bridgehead atoms. The number of likely N-dealkylation sites (N-methyl/N-ethyl adjacent to an activating group) is 1. The number of rotatable bonds is 8. The Morgan fingerprint density at radius 3 is 2.35 bits per heavy atom. The van der Waals surface area contributed by atoms with Gasteiger partial charge in [0, 0.05) is 19.6 Å². The van der Waals surface area contributed by atoms with Gasteiger partial charge in [0.15, 0.2) is 6.04 Å². The number of aliphatic carboxylic acids is 1. The zero-order valence-electron chi connectivity index (χ0n) is 21.8. The van der Waals surface area contributed by atoms with E-state index in [9.17, 15) is 42.9 Å². The quantitative estimate of drug-likeness (QED) is 0.151. The summed E-state index contributed by atoms with van der Waals surface area (Å²) in [5.41, 5.74) is 0.247. The van der Waals surface area contributed by atoms with Gasteiger partial charge in [-0.25, -0.2) is 9.59 Å². The molecule has 3 heterocycles. The number of imide groups is 1. The van der Waals surface area contributed by atoms with Crippen LogP contribution >= 0.6 is 0 Å². The molecule has 5 atom stereocenters. The second-order valence-corrected chi connectivity index (χ2v) is 12.1. The van der Waals surface area contributed by atoms with Gasteiger partial charge in [0.05, 0.1) is 15.5 Å². The molecular formula is C24H28N6O9S. The molecule has 0 aromatic heterocycles. The van der Waals surface area contributed by atoms with E-state index in [0.29, 0.717) is 4.90 Å². The minimum atomic E-state index is -2.20. The van der Waals surface area contributed by atoms with E-state index >= 15 is 0 Å². The monoisotopic (exact) mass is 576 g/mol. The minimum Gasteiger partial charge on any atom is -0.480 e. The van der Waals surface area contributed by atoms with Crippen LogP contribution in [-0.4, -0.2) is 108 Å². The summed E-state index contributed by atoms with van der Waals surface area (Å²) in [6.45, 7) is 4.69. The summed E-state index contributed by atoms with van der Waals surface area (Å²) < 4.78 is 12.0. The Labute approximate surface area is 230 Å². The number of amides is 7. The Bertz CT molecular complexity index is 1320. The van der Waals surface area contributed by atoms with Crippen LogP contribution in [0.25, 0.3) is 0 Å². The van der Waals surface area contributed by atoms with E-state index in [2.05, 4.69) is 16.0 Å². The smallest absolute Gasteiger partial charge is 0.328 e. The van der Waals surface area contributed by atoms with Crippen molar-refractivity contribution in [3.8, 4) is 0 Å². The van der Waals surface area contributed by atoms with Crippen molar-refractivity contribution in [3.05, 3.63) is 35.9 Å². The van der Waals surface area contributed by atoms with Gasteiger partial charge >= 0.3 is 23.8 Å². The Morgan fingerprint density at radius 2 is 1.77 bits per heavy atom. The summed E-state index contributed by atoms with van der Waals surface area (Å²) in [4.78, 5) is 88.8. The highest BCUT2D eigenvalue weighted by atomic mass is 32.2. The molecular weight excluding hydrogens is 548 g/mol. The lowest BCUT2D eigenvalue weighted by Gasteiger charge is -2.52. The molecule has 15 nitrogen and oxygen atoms in total. The molecule has 4 rings (SSSR count). The number of carboxylic acids is 1. The van der Waals surface area contributed by atoms with Crippen molar-refractivity contribution in [1.29, 1.82) is 0 Å². The number of piperazine rings is 1. The molecule has 4 N–H and O–H groups in total. The number of fused-ring (bicyclic) bond motifs is 1. The molecule has 16 heteroatoms. The molecule has 3 fully saturated rings. The van der Waals surface area contributed by atoms with Crippen molar-refractivity contribution in [2.24, 2.45) is 0 Å². The largest absolute Gasteiger partial charge is 0.480 e. The number of hydrogen-bond donors (Lipinski definition) is 4. The Hall–Kier alpha value is -4.34. The lowest BCUT2D eigenvalue weighted by molar-refractivity contribution is -0.171. The third-order valence-electron chi connectivity index (χ3n) is 7.30. The third-order valence-corrected chi connectivity index (χ3v) is 9.59. The van der Waals surface area contributed by atoms with E-state index in [4.69, 9.17) is 0 Å².